The number of hydrogen-bond donors (Lipinski definition) is 1. The molecule has 0 aliphatic rings. The number of nitrogens with one attached hydrogen (secondary N) is 1. The number of benzene rings is 1. The maximum Gasteiger partial charge on any atom is 0.150 e. The summed E-state index contributed by atoms with van der Waals surface area (Å²) in [6.07, 6.45) is 2.26. The van der Waals surface area contributed by atoms with Gasteiger partial charge in [0.2, 0.25) is 0 Å². The molecule has 1 aromatic rings. The molecule has 0 saturated heterocycles. The van der Waals surface area contributed by atoms with E-state index in [-0.39, 0.29) is 23.4 Å². The quantitative estimate of drug-likeness (QED) is 0.762. The van der Waals surface area contributed by atoms with Gasteiger partial charge in [-0.2, -0.15) is 0 Å². The van der Waals surface area contributed by atoms with E-state index in [1.807, 2.05) is 6.92 Å². The van der Waals surface area contributed by atoms with Crippen molar-refractivity contribution in [3.63, 3.8) is 0 Å². The molecule has 0 radical (unpaired) electrons. The zero-order chi connectivity index (χ0) is 15.0. The van der Waals surface area contributed by atoms with Gasteiger partial charge < -0.3 is 5.32 Å². The molecule has 0 amide bonds. The van der Waals surface area contributed by atoms with Crippen molar-refractivity contribution < 1.29 is 12.8 Å². The summed E-state index contributed by atoms with van der Waals surface area (Å²) >= 11 is 0. The third kappa shape index (κ3) is 6.48. The lowest BCUT2D eigenvalue weighted by molar-refractivity contribution is 0.484. The second-order valence-electron chi connectivity index (χ2n) is 4.96. The Morgan fingerprint density at radius 2 is 1.85 bits per heavy atom. The first kappa shape index (κ1) is 17.1. The zero-order valence-corrected chi connectivity index (χ0v) is 13.0. The van der Waals surface area contributed by atoms with Crippen molar-refractivity contribution in [3.05, 3.63) is 35.6 Å². The van der Waals surface area contributed by atoms with Crippen molar-refractivity contribution in [2.24, 2.45) is 0 Å². The highest BCUT2D eigenvalue weighted by atomic mass is 32.2. The SMILES string of the molecule is CCNC(CCCS(=O)(=O)CC)Cc1ccc(F)cc1. The summed E-state index contributed by atoms with van der Waals surface area (Å²) in [5, 5.41) is 3.36. The first-order valence-electron chi connectivity index (χ1n) is 7.15. The number of sulfone groups is 1. The van der Waals surface area contributed by atoms with Crippen LogP contribution in [0.5, 0.6) is 0 Å². The van der Waals surface area contributed by atoms with E-state index in [1.54, 1.807) is 19.1 Å². The number of rotatable bonds is 9. The molecule has 0 bridgehead atoms. The molecule has 0 aliphatic heterocycles. The predicted octanol–water partition coefficient (Wildman–Crippen LogP) is 2.56. The minimum atomic E-state index is -2.89. The van der Waals surface area contributed by atoms with Gasteiger partial charge in [0.25, 0.3) is 0 Å². The highest BCUT2D eigenvalue weighted by Crippen LogP contribution is 2.10. The summed E-state index contributed by atoms with van der Waals surface area (Å²) in [5.74, 6) is 0.217. The van der Waals surface area contributed by atoms with Crippen LogP contribution in [0.15, 0.2) is 24.3 Å². The van der Waals surface area contributed by atoms with E-state index in [2.05, 4.69) is 5.32 Å². The fraction of sp³-hybridized carbons (Fsp3) is 0.600. The van der Waals surface area contributed by atoms with Gasteiger partial charge >= 0.3 is 0 Å². The maximum absolute atomic E-state index is 12.9. The van der Waals surface area contributed by atoms with Gasteiger partial charge in [-0.1, -0.05) is 26.0 Å². The van der Waals surface area contributed by atoms with Crippen LogP contribution in [0, 0.1) is 5.82 Å². The molecular formula is C15H24FNO2S. The molecule has 20 heavy (non-hydrogen) atoms. The van der Waals surface area contributed by atoms with Gasteiger partial charge in [-0.25, -0.2) is 12.8 Å². The van der Waals surface area contributed by atoms with Crippen molar-refractivity contribution in [2.75, 3.05) is 18.1 Å². The molecule has 1 rings (SSSR count). The molecule has 3 nitrogen and oxygen atoms in total. The van der Waals surface area contributed by atoms with Gasteiger partial charge in [0.1, 0.15) is 15.7 Å². The van der Waals surface area contributed by atoms with Crippen molar-refractivity contribution in [1.82, 2.24) is 5.32 Å². The minimum Gasteiger partial charge on any atom is -0.314 e. The van der Waals surface area contributed by atoms with Crippen LogP contribution in [0.1, 0.15) is 32.3 Å². The average molecular weight is 301 g/mol. The Balaban J connectivity index is 2.50. The highest BCUT2D eigenvalue weighted by Gasteiger charge is 2.12. The Hall–Kier alpha value is -0.940. The monoisotopic (exact) mass is 301 g/mol. The zero-order valence-electron chi connectivity index (χ0n) is 12.2. The number of hydrogen-bond acceptors (Lipinski definition) is 3. The molecule has 0 aliphatic carbocycles. The molecule has 0 fully saturated rings. The summed E-state index contributed by atoms with van der Waals surface area (Å²) < 4.78 is 35.8. The molecule has 1 atom stereocenters. The van der Waals surface area contributed by atoms with Crippen LogP contribution in [-0.4, -0.2) is 32.5 Å². The molecule has 1 aromatic carbocycles. The predicted molar refractivity (Wildman–Crippen MR) is 81.1 cm³/mol. The van der Waals surface area contributed by atoms with Crippen molar-refractivity contribution in [1.29, 1.82) is 0 Å². The summed E-state index contributed by atoms with van der Waals surface area (Å²) in [6, 6.07) is 6.71. The molecule has 0 heterocycles. The molecule has 0 saturated carbocycles. The topological polar surface area (TPSA) is 46.2 Å². The van der Waals surface area contributed by atoms with E-state index in [0.717, 1.165) is 24.9 Å². The van der Waals surface area contributed by atoms with Gasteiger partial charge in [0.15, 0.2) is 0 Å². The van der Waals surface area contributed by atoms with Crippen molar-refractivity contribution in [2.45, 2.75) is 39.2 Å². The molecular weight excluding hydrogens is 277 g/mol. The lowest BCUT2D eigenvalue weighted by Crippen LogP contribution is -2.31. The van der Waals surface area contributed by atoms with Gasteiger partial charge in [-0.3, -0.25) is 0 Å². The van der Waals surface area contributed by atoms with Crippen LogP contribution in [0.2, 0.25) is 0 Å². The summed E-state index contributed by atoms with van der Waals surface area (Å²) in [5.41, 5.74) is 1.07. The van der Waals surface area contributed by atoms with E-state index >= 15 is 0 Å². The molecule has 0 aromatic heterocycles. The summed E-state index contributed by atoms with van der Waals surface area (Å²) in [7, 11) is -2.89. The third-order valence-corrected chi connectivity index (χ3v) is 5.13. The molecule has 1 unspecified atom stereocenters. The fourth-order valence-electron chi connectivity index (χ4n) is 2.16. The Labute approximate surface area is 121 Å². The summed E-state index contributed by atoms with van der Waals surface area (Å²) in [4.78, 5) is 0. The molecule has 1 N–H and O–H groups in total. The smallest absolute Gasteiger partial charge is 0.150 e. The van der Waals surface area contributed by atoms with Crippen LogP contribution >= 0.6 is 0 Å². The van der Waals surface area contributed by atoms with Crippen LogP contribution < -0.4 is 5.32 Å². The maximum atomic E-state index is 12.9. The van der Waals surface area contributed by atoms with E-state index in [1.165, 1.54) is 12.1 Å². The van der Waals surface area contributed by atoms with Crippen molar-refractivity contribution in [3.8, 4) is 0 Å². The summed E-state index contributed by atoms with van der Waals surface area (Å²) in [6.45, 7) is 4.54. The lowest BCUT2D eigenvalue weighted by atomic mass is 10.0. The van der Waals surface area contributed by atoms with E-state index < -0.39 is 9.84 Å². The van der Waals surface area contributed by atoms with Crippen molar-refractivity contribution >= 4 is 9.84 Å². The first-order valence-corrected chi connectivity index (χ1v) is 8.97. The third-order valence-electron chi connectivity index (χ3n) is 3.34. The molecule has 114 valence electrons. The largest absolute Gasteiger partial charge is 0.314 e. The molecule has 5 heteroatoms. The van der Waals surface area contributed by atoms with E-state index in [9.17, 15) is 12.8 Å². The number of halogens is 1. The lowest BCUT2D eigenvalue weighted by Gasteiger charge is -2.18. The van der Waals surface area contributed by atoms with Gasteiger partial charge in [-0.15, -0.1) is 0 Å². The fourth-order valence-corrected chi connectivity index (χ4v) is 3.06. The van der Waals surface area contributed by atoms with Gasteiger partial charge in [0, 0.05) is 11.8 Å². The van der Waals surface area contributed by atoms with Gasteiger partial charge in [0.05, 0.1) is 5.75 Å². The Morgan fingerprint density at radius 1 is 1.20 bits per heavy atom. The van der Waals surface area contributed by atoms with Crippen LogP contribution in [0.3, 0.4) is 0 Å². The second kappa shape index (κ2) is 8.37. The standard InChI is InChI=1S/C15H24FNO2S/c1-3-17-15(6-5-11-20(18,19)4-2)12-13-7-9-14(16)10-8-13/h7-10,15,17H,3-6,11-12H2,1-2H3. The Kier molecular flexibility index (Phi) is 7.16. The number of likely N-dealkylation sites (N-methyl/N-ethyl adjacent to an activating group) is 1. The van der Waals surface area contributed by atoms with Crippen LogP contribution in [0.4, 0.5) is 4.39 Å². The van der Waals surface area contributed by atoms with E-state index in [4.69, 9.17) is 0 Å². The average Bonchev–Trinajstić information content (AvgIpc) is 2.41. The second-order valence-corrected chi connectivity index (χ2v) is 7.44. The minimum absolute atomic E-state index is 0.205. The molecule has 0 spiro atoms. The first-order chi connectivity index (χ1) is 9.46. The Bertz CT molecular complexity index is 485. The van der Waals surface area contributed by atoms with E-state index in [0.29, 0.717) is 6.42 Å². The highest BCUT2D eigenvalue weighted by molar-refractivity contribution is 7.91. The van der Waals surface area contributed by atoms with Crippen LogP contribution in [-0.2, 0) is 16.3 Å². The van der Waals surface area contributed by atoms with Crippen LogP contribution in [0.25, 0.3) is 0 Å². The normalized spacial score (nSPS) is 13.3. The Morgan fingerprint density at radius 3 is 2.40 bits per heavy atom. The van der Waals surface area contributed by atoms with Gasteiger partial charge in [-0.05, 0) is 43.5 Å².